The third kappa shape index (κ3) is 3.53. The molecule has 2 aromatic rings. The highest BCUT2D eigenvalue weighted by Crippen LogP contribution is 2.19. The van der Waals surface area contributed by atoms with Gasteiger partial charge in [-0.3, -0.25) is 9.71 Å². The molecule has 3 N–H and O–H groups in total. The monoisotopic (exact) mass is 325 g/mol. The van der Waals surface area contributed by atoms with Gasteiger partial charge in [0.15, 0.2) is 0 Å². The average Bonchev–Trinajstić information content (AvgIpc) is 2.38. The zero-order chi connectivity index (χ0) is 15.6. The van der Waals surface area contributed by atoms with Crippen LogP contribution in [-0.2, 0) is 10.0 Å². The predicted molar refractivity (Wildman–Crippen MR) is 82.1 cm³/mol. The van der Waals surface area contributed by atoms with Crippen LogP contribution in [0.2, 0.25) is 0 Å². The van der Waals surface area contributed by atoms with Crippen molar-refractivity contribution < 1.29 is 12.8 Å². The van der Waals surface area contributed by atoms with Crippen LogP contribution in [0.15, 0.2) is 41.4 Å². The molecule has 5 nitrogen and oxygen atoms in total. The Morgan fingerprint density at radius 2 is 2.05 bits per heavy atom. The molecule has 1 aromatic carbocycles. The molecular formula is C13H12FN3O2S2. The summed E-state index contributed by atoms with van der Waals surface area (Å²) in [6.07, 6.45) is 1.48. The number of hydrogen-bond acceptors (Lipinski definition) is 4. The number of halogens is 1. The van der Waals surface area contributed by atoms with Crippen LogP contribution in [-0.4, -0.2) is 18.4 Å². The first-order chi connectivity index (χ1) is 9.79. The summed E-state index contributed by atoms with van der Waals surface area (Å²) in [5.41, 5.74) is 6.28. The van der Waals surface area contributed by atoms with Gasteiger partial charge in [0.05, 0.1) is 10.6 Å². The van der Waals surface area contributed by atoms with Crippen molar-refractivity contribution in [3.63, 3.8) is 0 Å². The summed E-state index contributed by atoms with van der Waals surface area (Å²) in [5.74, 6) is -0.666. The van der Waals surface area contributed by atoms with E-state index in [-0.39, 0.29) is 15.4 Å². The maximum absolute atomic E-state index is 13.5. The van der Waals surface area contributed by atoms with E-state index >= 15 is 0 Å². The molecule has 0 radical (unpaired) electrons. The molecule has 0 aliphatic rings. The molecule has 21 heavy (non-hydrogen) atoms. The van der Waals surface area contributed by atoms with Crippen LogP contribution in [0.3, 0.4) is 0 Å². The Hall–Kier alpha value is -2.06. The molecule has 2 rings (SSSR count). The van der Waals surface area contributed by atoms with E-state index in [2.05, 4.69) is 9.71 Å². The Labute approximate surface area is 127 Å². The lowest BCUT2D eigenvalue weighted by molar-refractivity contribution is 0.599. The predicted octanol–water partition coefficient (Wildman–Crippen LogP) is 1.96. The van der Waals surface area contributed by atoms with Crippen molar-refractivity contribution in [2.24, 2.45) is 5.73 Å². The highest BCUT2D eigenvalue weighted by Gasteiger charge is 2.17. The molecule has 0 aliphatic carbocycles. The van der Waals surface area contributed by atoms with Crippen molar-refractivity contribution in [2.45, 2.75) is 11.8 Å². The van der Waals surface area contributed by atoms with Gasteiger partial charge >= 0.3 is 0 Å². The van der Waals surface area contributed by atoms with Crippen molar-refractivity contribution in [2.75, 3.05) is 4.72 Å². The number of nitrogens with zero attached hydrogens (tertiary/aromatic N) is 1. The van der Waals surface area contributed by atoms with Gasteiger partial charge in [-0.2, -0.15) is 0 Å². The van der Waals surface area contributed by atoms with Crippen LogP contribution < -0.4 is 10.5 Å². The molecule has 1 aromatic heterocycles. The number of pyridine rings is 1. The number of anilines is 1. The topological polar surface area (TPSA) is 85.1 Å². The van der Waals surface area contributed by atoms with E-state index in [9.17, 15) is 12.8 Å². The molecule has 0 saturated heterocycles. The number of aryl methyl sites for hydroxylation is 1. The summed E-state index contributed by atoms with van der Waals surface area (Å²) in [6, 6.07) is 6.36. The lowest BCUT2D eigenvalue weighted by Crippen LogP contribution is -2.16. The van der Waals surface area contributed by atoms with Crippen LogP contribution >= 0.6 is 12.2 Å². The van der Waals surface area contributed by atoms with Gasteiger partial charge < -0.3 is 5.73 Å². The molecule has 110 valence electrons. The maximum atomic E-state index is 13.5. The zero-order valence-electron chi connectivity index (χ0n) is 11.0. The second-order valence-electron chi connectivity index (χ2n) is 4.30. The van der Waals surface area contributed by atoms with Crippen LogP contribution in [0.1, 0.15) is 11.3 Å². The Bertz CT molecular complexity index is 807. The molecule has 0 atom stereocenters. The lowest BCUT2D eigenvalue weighted by Gasteiger charge is -2.10. The minimum absolute atomic E-state index is 0.112. The van der Waals surface area contributed by atoms with Gasteiger partial charge in [-0.1, -0.05) is 12.2 Å². The zero-order valence-corrected chi connectivity index (χ0v) is 12.6. The quantitative estimate of drug-likeness (QED) is 0.840. The summed E-state index contributed by atoms with van der Waals surface area (Å²) >= 11 is 4.69. The van der Waals surface area contributed by atoms with Crippen LogP contribution in [0, 0.1) is 12.7 Å². The number of benzene rings is 1. The summed E-state index contributed by atoms with van der Waals surface area (Å²) < 4.78 is 40.4. The van der Waals surface area contributed by atoms with E-state index in [4.69, 9.17) is 18.0 Å². The van der Waals surface area contributed by atoms with Crippen molar-refractivity contribution in [3.8, 4) is 0 Å². The molecule has 0 saturated carbocycles. The number of sulfonamides is 1. The van der Waals surface area contributed by atoms with Gasteiger partial charge in [0, 0.05) is 17.5 Å². The number of thiocarbonyl (C=S) groups is 1. The third-order valence-corrected chi connectivity index (χ3v) is 4.26. The fourth-order valence-electron chi connectivity index (χ4n) is 1.68. The first-order valence-electron chi connectivity index (χ1n) is 5.84. The maximum Gasteiger partial charge on any atom is 0.261 e. The summed E-state index contributed by atoms with van der Waals surface area (Å²) in [5, 5.41) is 0. The van der Waals surface area contributed by atoms with Gasteiger partial charge in [-0.05, 0) is 37.3 Å². The standard InChI is InChI=1S/C13H12FN3O2S2/c1-8-6-9(4-5-16-8)17-21(18,19)10-2-3-12(14)11(7-10)13(15)20/h2-7H,1H3,(H2,15,20)(H,16,17). The second kappa shape index (κ2) is 5.74. The van der Waals surface area contributed by atoms with E-state index in [1.54, 1.807) is 13.0 Å². The first-order valence-corrected chi connectivity index (χ1v) is 7.73. The van der Waals surface area contributed by atoms with Gasteiger partial charge in [-0.25, -0.2) is 12.8 Å². The fraction of sp³-hybridized carbons (Fsp3) is 0.0769. The van der Waals surface area contributed by atoms with Crippen LogP contribution in [0.25, 0.3) is 0 Å². The van der Waals surface area contributed by atoms with E-state index in [0.717, 1.165) is 18.2 Å². The van der Waals surface area contributed by atoms with Crippen molar-refractivity contribution in [3.05, 3.63) is 53.6 Å². The summed E-state index contributed by atoms with van der Waals surface area (Å²) in [7, 11) is -3.86. The number of nitrogens with two attached hydrogens (primary N) is 1. The van der Waals surface area contributed by atoms with Crippen LogP contribution in [0.4, 0.5) is 10.1 Å². The minimum atomic E-state index is -3.86. The van der Waals surface area contributed by atoms with E-state index in [0.29, 0.717) is 11.4 Å². The fourth-order valence-corrected chi connectivity index (χ4v) is 2.92. The molecule has 8 heteroatoms. The summed E-state index contributed by atoms with van der Waals surface area (Å²) in [4.78, 5) is 3.65. The number of nitrogens with one attached hydrogen (secondary N) is 1. The molecule has 0 amide bonds. The van der Waals surface area contributed by atoms with E-state index in [1.807, 2.05) is 0 Å². The van der Waals surface area contributed by atoms with Gasteiger partial charge in [-0.15, -0.1) is 0 Å². The van der Waals surface area contributed by atoms with Gasteiger partial charge in [0.25, 0.3) is 10.0 Å². The second-order valence-corrected chi connectivity index (χ2v) is 6.42. The minimum Gasteiger partial charge on any atom is -0.389 e. The molecule has 0 bridgehead atoms. The highest BCUT2D eigenvalue weighted by atomic mass is 32.2. The number of rotatable bonds is 4. The molecule has 0 unspecified atom stereocenters. The lowest BCUT2D eigenvalue weighted by atomic mass is 10.2. The Balaban J connectivity index is 2.40. The average molecular weight is 325 g/mol. The van der Waals surface area contributed by atoms with E-state index in [1.165, 1.54) is 12.3 Å². The Morgan fingerprint density at radius 3 is 2.67 bits per heavy atom. The number of aromatic nitrogens is 1. The van der Waals surface area contributed by atoms with Crippen molar-refractivity contribution in [1.29, 1.82) is 0 Å². The third-order valence-electron chi connectivity index (χ3n) is 2.66. The molecular weight excluding hydrogens is 313 g/mol. The Morgan fingerprint density at radius 1 is 1.33 bits per heavy atom. The molecule has 1 heterocycles. The molecule has 0 spiro atoms. The smallest absolute Gasteiger partial charge is 0.261 e. The van der Waals surface area contributed by atoms with E-state index < -0.39 is 15.8 Å². The van der Waals surface area contributed by atoms with Crippen molar-refractivity contribution in [1.82, 2.24) is 4.98 Å². The summed E-state index contributed by atoms with van der Waals surface area (Å²) in [6.45, 7) is 1.74. The normalized spacial score (nSPS) is 11.1. The first kappa shape index (κ1) is 15.3. The molecule has 0 aliphatic heterocycles. The largest absolute Gasteiger partial charge is 0.389 e. The Kier molecular flexibility index (Phi) is 4.19. The van der Waals surface area contributed by atoms with Crippen LogP contribution in [0.5, 0.6) is 0 Å². The van der Waals surface area contributed by atoms with Gasteiger partial charge in [0.2, 0.25) is 0 Å². The highest BCUT2D eigenvalue weighted by molar-refractivity contribution is 7.92. The molecule has 0 fully saturated rings. The van der Waals surface area contributed by atoms with Gasteiger partial charge in [0.1, 0.15) is 10.8 Å². The number of hydrogen-bond donors (Lipinski definition) is 2. The van der Waals surface area contributed by atoms with Crippen molar-refractivity contribution >= 4 is 32.9 Å². The SMILES string of the molecule is Cc1cc(NS(=O)(=O)c2ccc(F)c(C(N)=S)c2)ccn1.